The van der Waals surface area contributed by atoms with E-state index in [9.17, 15) is 14.9 Å². The van der Waals surface area contributed by atoms with Crippen molar-refractivity contribution < 1.29 is 14.8 Å². The van der Waals surface area contributed by atoms with Gasteiger partial charge in [0.25, 0.3) is 5.69 Å². The largest absolute Gasteiger partial charge is 0.477 e. The fraction of sp³-hybridized carbons (Fsp3) is 0.462. The van der Waals surface area contributed by atoms with Crippen molar-refractivity contribution in [1.29, 1.82) is 0 Å². The van der Waals surface area contributed by atoms with E-state index < -0.39 is 10.9 Å². The van der Waals surface area contributed by atoms with Gasteiger partial charge >= 0.3 is 5.97 Å². The summed E-state index contributed by atoms with van der Waals surface area (Å²) in [5.41, 5.74) is 0.0196. The topological polar surface area (TPSA) is 83.7 Å². The molecule has 104 valence electrons. The number of hydrogen-bond donors (Lipinski definition) is 1. The van der Waals surface area contributed by atoms with Crippen LogP contribution in [0.15, 0.2) is 18.2 Å². The molecule has 0 heterocycles. The van der Waals surface area contributed by atoms with Gasteiger partial charge in [0.05, 0.1) is 4.92 Å². The van der Waals surface area contributed by atoms with Crippen molar-refractivity contribution in [2.45, 2.75) is 32.7 Å². The first-order chi connectivity index (χ1) is 8.92. The minimum absolute atomic E-state index is 0.277. The van der Waals surface area contributed by atoms with Crippen LogP contribution in [-0.2, 0) is 0 Å². The van der Waals surface area contributed by atoms with Crippen LogP contribution in [0.2, 0.25) is 0 Å². The van der Waals surface area contributed by atoms with Crippen molar-refractivity contribution in [2.24, 2.45) is 0 Å². The maximum Gasteiger partial charge on any atom is 0.342 e. The predicted octanol–water partition coefficient (Wildman–Crippen LogP) is 2.92. The van der Waals surface area contributed by atoms with Gasteiger partial charge in [-0.2, -0.15) is 0 Å². The molecule has 19 heavy (non-hydrogen) atoms. The first kappa shape index (κ1) is 14.9. The molecule has 6 nitrogen and oxygen atoms in total. The van der Waals surface area contributed by atoms with Crippen LogP contribution in [0.1, 0.15) is 37.0 Å². The van der Waals surface area contributed by atoms with Crippen molar-refractivity contribution >= 4 is 17.3 Å². The summed E-state index contributed by atoms with van der Waals surface area (Å²) in [5, 5.41) is 19.8. The van der Waals surface area contributed by atoms with E-state index in [4.69, 9.17) is 5.11 Å². The smallest absolute Gasteiger partial charge is 0.342 e. The summed E-state index contributed by atoms with van der Waals surface area (Å²) in [4.78, 5) is 23.1. The number of hydrogen-bond acceptors (Lipinski definition) is 4. The number of nitro benzene ring substituents is 1. The van der Waals surface area contributed by atoms with E-state index in [1.165, 1.54) is 12.1 Å². The Bertz CT molecular complexity index is 484. The lowest BCUT2D eigenvalue weighted by Gasteiger charge is -2.28. The van der Waals surface area contributed by atoms with E-state index in [0.29, 0.717) is 5.69 Å². The molecule has 1 N–H and O–H groups in total. The Balaban J connectivity index is 3.22. The molecule has 6 heteroatoms. The van der Waals surface area contributed by atoms with Gasteiger partial charge in [-0.05, 0) is 25.0 Å². The molecule has 0 fully saturated rings. The highest BCUT2D eigenvalue weighted by Gasteiger charge is 2.22. The van der Waals surface area contributed by atoms with Gasteiger partial charge < -0.3 is 10.0 Å². The number of nitrogens with zero attached hydrogens (tertiary/aromatic N) is 2. The Hall–Kier alpha value is -2.11. The summed E-state index contributed by atoms with van der Waals surface area (Å²) < 4.78 is 0. The lowest BCUT2D eigenvalue weighted by atomic mass is 10.1. The highest BCUT2D eigenvalue weighted by atomic mass is 16.6. The average molecular weight is 266 g/mol. The van der Waals surface area contributed by atoms with E-state index in [-0.39, 0.29) is 17.3 Å². The third-order valence-electron chi connectivity index (χ3n) is 3.30. The zero-order valence-corrected chi connectivity index (χ0v) is 11.3. The molecule has 0 saturated carbocycles. The van der Waals surface area contributed by atoms with Gasteiger partial charge in [0.2, 0.25) is 0 Å². The molecule has 0 aliphatic carbocycles. The molecule has 0 spiro atoms. The Morgan fingerprint density at radius 1 is 1.42 bits per heavy atom. The Labute approximate surface area is 111 Å². The maximum absolute atomic E-state index is 11.1. The van der Waals surface area contributed by atoms with E-state index in [2.05, 4.69) is 0 Å². The normalized spacial score (nSPS) is 10.5. The second-order valence-corrected chi connectivity index (χ2v) is 4.34. The van der Waals surface area contributed by atoms with Crippen LogP contribution in [0.4, 0.5) is 11.4 Å². The van der Waals surface area contributed by atoms with Crippen LogP contribution in [-0.4, -0.2) is 29.1 Å². The predicted molar refractivity (Wildman–Crippen MR) is 72.8 cm³/mol. The Morgan fingerprint density at radius 2 is 2.00 bits per heavy atom. The van der Waals surface area contributed by atoms with Crippen LogP contribution in [0.5, 0.6) is 0 Å². The minimum atomic E-state index is -1.29. The lowest BCUT2D eigenvalue weighted by molar-refractivity contribution is -0.385. The zero-order chi connectivity index (χ0) is 14.6. The van der Waals surface area contributed by atoms with Gasteiger partial charge in [-0.25, -0.2) is 4.79 Å². The summed E-state index contributed by atoms with van der Waals surface area (Å²) in [6, 6.07) is 4.47. The molecule has 0 aromatic heterocycles. The fourth-order valence-electron chi connectivity index (χ4n) is 2.12. The van der Waals surface area contributed by atoms with Crippen molar-refractivity contribution in [2.75, 3.05) is 11.9 Å². The summed E-state index contributed by atoms with van der Waals surface area (Å²) >= 11 is 0. The molecule has 0 amide bonds. The second-order valence-electron chi connectivity index (χ2n) is 4.34. The number of rotatable bonds is 6. The number of carbonyl (C=O) groups is 1. The SMILES string of the molecule is CCC(CC)N(C)c1ccc([N+](=O)[O-])c(C(=O)O)c1. The number of aromatic carboxylic acids is 1. The summed E-state index contributed by atoms with van der Waals surface area (Å²) in [6.45, 7) is 4.10. The molecular weight excluding hydrogens is 248 g/mol. The fourth-order valence-corrected chi connectivity index (χ4v) is 2.12. The second kappa shape index (κ2) is 6.17. The maximum atomic E-state index is 11.1. The van der Waals surface area contributed by atoms with E-state index >= 15 is 0 Å². The first-order valence-electron chi connectivity index (χ1n) is 6.16. The minimum Gasteiger partial charge on any atom is -0.477 e. The highest BCUT2D eigenvalue weighted by molar-refractivity contribution is 5.93. The molecule has 1 aromatic rings. The average Bonchev–Trinajstić information content (AvgIpc) is 2.39. The van der Waals surface area contributed by atoms with Gasteiger partial charge in [0.15, 0.2) is 0 Å². The van der Waals surface area contributed by atoms with Gasteiger partial charge in [0.1, 0.15) is 5.56 Å². The van der Waals surface area contributed by atoms with Crippen molar-refractivity contribution in [3.63, 3.8) is 0 Å². The molecular formula is C13H18N2O4. The van der Waals surface area contributed by atoms with Gasteiger partial charge in [-0.15, -0.1) is 0 Å². The molecule has 0 unspecified atom stereocenters. The molecule has 0 radical (unpaired) electrons. The van der Waals surface area contributed by atoms with Gasteiger partial charge in [-0.3, -0.25) is 10.1 Å². The third-order valence-corrected chi connectivity index (χ3v) is 3.30. The van der Waals surface area contributed by atoms with Crippen molar-refractivity contribution in [1.82, 2.24) is 0 Å². The number of carboxylic acids is 1. The van der Waals surface area contributed by atoms with Crippen molar-refractivity contribution in [3.8, 4) is 0 Å². The summed E-state index contributed by atoms with van der Waals surface area (Å²) in [7, 11) is 1.87. The molecule has 1 aromatic carbocycles. The standard InChI is InChI=1S/C13H18N2O4/c1-4-9(5-2)14(3)10-6-7-12(15(18)19)11(8-10)13(16)17/h6-9H,4-5H2,1-3H3,(H,16,17). The third kappa shape index (κ3) is 3.21. The number of carboxylic acid groups (broad SMARTS) is 1. The molecule has 0 saturated heterocycles. The van der Waals surface area contributed by atoms with Crippen LogP contribution in [0.3, 0.4) is 0 Å². The van der Waals surface area contributed by atoms with Crippen LogP contribution >= 0.6 is 0 Å². The highest BCUT2D eigenvalue weighted by Crippen LogP contribution is 2.26. The van der Waals surface area contributed by atoms with Crippen LogP contribution in [0.25, 0.3) is 0 Å². The van der Waals surface area contributed by atoms with Gasteiger partial charge in [0, 0.05) is 24.8 Å². The quantitative estimate of drug-likeness (QED) is 0.632. The van der Waals surface area contributed by atoms with E-state index in [1.54, 1.807) is 6.07 Å². The first-order valence-corrected chi connectivity index (χ1v) is 6.16. The number of benzene rings is 1. The molecule has 0 atom stereocenters. The van der Waals surface area contributed by atoms with E-state index in [0.717, 1.165) is 12.8 Å². The summed E-state index contributed by atoms with van der Waals surface area (Å²) in [5.74, 6) is -1.29. The molecule has 0 aliphatic rings. The molecule has 0 bridgehead atoms. The molecule has 1 rings (SSSR count). The monoisotopic (exact) mass is 266 g/mol. The Morgan fingerprint density at radius 3 is 2.42 bits per heavy atom. The summed E-state index contributed by atoms with van der Waals surface area (Å²) in [6.07, 6.45) is 1.85. The number of nitro groups is 1. The number of anilines is 1. The Kier molecular flexibility index (Phi) is 4.86. The van der Waals surface area contributed by atoms with Gasteiger partial charge in [-0.1, -0.05) is 13.8 Å². The van der Waals surface area contributed by atoms with E-state index in [1.807, 2.05) is 25.8 Å². The van der Waals surface area contributed by atoms with Crippen LogP contribution in [0, 0.1) is 10.1 Å². The zero-order valence-electron chi connectivity index (χ0n) is 11.3. The van der Waals surface area contributed by atoms with Crippen molar-refractivity contribution in [3.05, 3.63) is 33.9 Å². The lowest BCUT2D eigenvalue weighted by Crippen LogP contribution is -2.30. The molecule has 0 aliphatic heterocycles. The van der Waals surface area contributed by atoms with Crippen LogP contribution < -0.4 is 4.90 Å².